The molecule has 0 spiro atoms. The fourth-order valence-corrected chi connectivity index (χ4v) is 3.56. The minimum Gasteiger partial charge on any atom is -0.467 e. The topological polar surface area (TPSA) is 33.5 Å². The van der Waals surface area contributed by atoms with Gasteiger partial charge >= 0.3 is 0 Å². The van der Waals surface area contributed by atoms with Crippen LogP contribution < -0.4 is 0 Å². The van der Waals surface area contributed by atoms with Crippen molar-refractivity contribution in [1.82, 2.24) is 4.90 Å². The van der Waals surface area contributed by atoms with Gasteiger partial charge in [-0.3, -0.25) is 4.79 Å². The first kappa shape index (κ1) is 15.7. The Morgan fingerprint density at radius 2 is 1.84 bits per heavy atom. The van der Waals surface area contributed by atoms with Gasteiger partial charge in [-0.15, -0.1) is 0 Å². The first-order valence-corrected chi connectivity index (χ1v) is 9.05. The van der Waals surface area contributed by atoms with Crippen LogP contribution in [0.25, 0.3) is 10.8 Å². The van der Waals surface area contributed by atoms with E-state index in [4.69, 9.17) is 4.42 Å². The van der Waals surface area contributed by atoms with Gasteiger partial charge in [0.05, 0.1) is 12.8 Å². The minimum absolute atomic E-state index is 0.00773. The van der Waals surface area contributed by atoms with Crippen LogP contribution in [0, 0.1) is 0 Å². The fraction of sp³-hybridized carbons (Fsp3) is 0.0952. The third-order valence-corrected chi connectivity index (χ3v) is 4.90. The molecule has 1 amide bonds. The van der Waals surface area contributed by atoms with Crippen LogP contribution in [-0.4, -0.2) is 10.8 Å². The molecule has 0 N–H and O–H groups in total. The molecule has 2 heterocycles. The number of nitrogens with zero attached hydrogens (tertiary/aromatic N) is 1. The zero-order valence-corrected chi connectivity index (χ0v) is 14.4. The molecule has 0 atom stereocenters. The third-order valence-electron chi connectivity index (χ3n) is 4.16. The number of fused-ring (bicyclic) bond motifs is 1. The summed E-state index contributed by atoms with van der Waals surface area (Å²) in [5.74, 6) is 0.790. The molecule has 0 saturated heterocycles. The number of rotatable bonds is 5. The maximum absolute atomic E-state index is 13.1. The Morgan fingerprint density at radius 3 is 2.60 bits per heavy atom. The molecule has 0 aliphatic carbocycles. The first-order chi connectivity index (χ1) is 12.3. The zero-order chi connectivity index (χ0) is 17.1. The van der Waals surface area contributed by atoms with Crippen molar-refractivity contribution in [2.24, 2.45) is 0 Å². The van der Waals surface area contributed by atoms with Crippen LogP contribution >= 0.6 is 11.3 Å². The van der Waals surface area contributed by atoms with Crippen LogP contribution in [0.4, 0.5) is 0 Å². The van der Waals surface area contributed by atoms with Crippen molar-refractivity contribution in [3.05, 3.63) is 94.6 Å². The van der Waals surface area contributed by atoms with E-state index in [9.17, 15) is 4.79 Å². The summed E-state index contributed by atoms with van der Waals surface area (Å²) in [6.45, 7) is 1.02. The van der Waals surface area contributed by atoms with E-state index in [0.29, 0.717) is 18.7 Å². The molecule has 124 valence electrons. The molecule has 2 aromatic heterocycles. The van der Waals surface area contributed by atoms with Crippen molar-refractivity contribution >= 4 is 28.0 Å². The maximum atomic E-state index is 13.1. The van der Waals surface area contributed by atoms with Crippen LogP contribution in [0.5, 0.6) is 0 Å². The van der Waals surface area contributed by atoms with Crippen LogP contribution in [0.2, 0.25) is 0 Å². The molecule has 4 rings (SSSR count). The molecule has 3 nitrogen and oxygen atoms in total. The Labute approximate surface area is 150 Å². The molecule has 0 saturated carbocycles. The average molecular weight is 347 g/mol. The van der Waals surface area contributed by atoms with Crippen LogP contribution in [0.1, 0.15) is 21.7 Å². The quantitative estimate of drug-likeness (QED) is 0.488. The third kappa shape index (κ3) is 3.49. The maximum Gasteiger partial charge on any atom is 0.254 e. The molecular weight excluding hydrogens is 330 g/mol. The zero-order valence-electron chi connectivity index (χ0n) is 13.6. The molecule has 2 aromatic carbocycles. The normalized spacial score (nSPS) is 10.9. The summed E-state index contributed by atoms with van der Waals surface area (Å²) < 4.78 is 5.45. The van der Waals surface area contributed by atoms with Crippen molar-refractivity contribution in [3.63, 3.8) is 0 Å². The summed E-state index contributed by atoms with van der Waals surface area (Å²) in [5.41, 5.74) is 1.83. The molecule has 4 heteroatoms. The Bertz CT molecular complexity index is 938. The highest BCUT2D eigenvalue weighted by atomic mass is 32.1. The summed E-state index contributed by atoms with van der Waals surface area (Å²) in [7, 11) is 0. The van der Waals surface area contributed by atoms with Crippen LogP contribution in [0.3, 0.4) is 0 Å². The number of hydrogen-bond donors (Lipinski definition) is 0. The first-order valence-electron chi connectivity index (χ1n) is 8.11. The number of benzene rings is 2. The van der Waals surface area contributed by atoms with Crippen LogP contribution in [-0.2, 0) is 13.1 Å². The van der Waals surface area contributed by atoms with Gasteiger partial charge in [-0.05, 0) is 57.4 Å². The monoisotopic (exact) mass is 347 g/mol. The SMILES string of the molecule is O=C(c1ccc2ccccc2c1)N(Cc1ccsc1)Cc1ccco1. The Morgan fingerprint density at radius 1 is 0.960 bits per heavy atom. The second-order valence-corrected chi connectivity index (χ2v) is 6.71. The molecule has 4 aromatic rings. The van der Waals surface area contributed by atoms with E-state index in [1.807, 2.05) is 64.9 Å². The van der Waals surface area contributed by atoms with Crippen molar-refractivity contribution in [2.75, 3.05) is 0 Å². The van der Waals surface area contributed by atoms with Crippen molar-refractivity contribution < 1.29 is 9.21 Å². The second-order valence-electron chi connectivity index (χ2n) is 5.93. The van der Waals surface area contributed by atoms with E-state index in [-0.39, 0.29) is 5.91 Å². The standard InChI is InChI=1S/C21H17NO2S/c23-21(19-8-7-17-4-1-2-5-18(17)12-19)22(13-16-9-11-25-15-16)14-20-6-3-10-24-20/h1-12,15H,13-14H2. The lowest BCUT2D eigenvalue weighted by atomic mass is 10.1. The van der Waals surface area contributed by atoms with E-state index >= 15 is 0 Å². The predicted octanol–water partition coefficient (Wildman–Crippen LogP) is 5.34. The summed E-state index contributed by atoms with van der Waals surface area (Å²) in [6.07, 6.45) is 1.64. The largest absolute Gasteiger partial charge is 0.467 e. The smallest absolute Gasteiger partial charge is 0.254 e. The van der Waals surface area contributed by atoms with E-state index < -0.39 is 0 Å². The Balaban J connectivity index is 1.65. The number of hydrogen-bond acceptors (Lipinski definition) is 3. The lowest BCUT2D eigenvalue weighted by Gasteiger charge is -2.21. The molecule has 25 heavy (non-hydrogen) atoms. The van der Waals surface area contributed by atoms with Gasteiger partial charge in [-0.25, -0.2) is 0 Å². The highest BCUT2D eigenvalue weighted by Gasteiger charge is 2.18. The Hall–Kier alpha value is -2.85. The predicted molar refractivity (Wildman–Crippen MR) is 101 cm³/mol. The second kappa shape index (κ2) is 6.95. The van der Waals surface area contributed by atoms with E-state index in [2.05, 4.69) is 11.4 Å². The highest BCUT2D eigenvalue weighted by Crippen LogP contribution is 2.20. The molecule has 0 fully saturated rings. The number of amides is 1. The van der Waals surface area contributed by atoms with E-state index in [1.165, 1.54) is 0 Å². The van der Waals surface area contributed by atoms with Gasteiger partial charge in [0, 0.05) is 12.1 Å². The molecule has 0 unspecified atom stereocenters. The molecule has 0 radical (unpaired) electrons. The van der Waals surface area contributed by atoms with Gasteiger partial charge in [0.2, 0.25) is 0 Å². The van der Waals surface area contributed by atoms with Gasteiger partial charge in [-0.2, -0.15) is 11.3 Å². The van der Waals surface area contributed by atoms with Crippen molar-refractivity contribution in [2.45, 2.75) is 13.1 Å². The lowest BCUT2D eigenvalue weighted by molar-refractivity contribution is 0.0718. The molecule has 0 bridgehead atoms. The molecular formula is C21H17NO2S. The van der Waals surface area contributed by atoms with E-state index in [0.717, 1.165) is 22.1 Å². The van der Waals surface area contributed by atoms with E-state index in [1.54, 1.807) is 17.6 Å². The van der Waals surface area contributed by atoms with Gasteiger partial charge in [-0.1, -0.05) is 30.3 Å². The van der Waals surface area contributed by atoms with Gasteiger partial charge in [0.1, 0.15) is 5.76 Å². The molecule has 0 aliphatic heterocycles. The van der Waals surface area contributed by atoms with Gasteiger partial charge in [0.25, 0.3) is 5.91 Å². The highest BCUT2D eigenvalue weighted by molar-refractivity contribution is 7.07. The summed E-state index contributed by atoms with van der Waals surface area (Å²) >= 11 is 1.64. The number of carbonyl (C=O) groups is 1. The average Bonchev–Trinajstić information content (AvgIpc) is 3.34. The van der Waals surface area contributed by atoms with Crippen LogP contribution in [0.15, 0.2) is 82.1 Å². The Kier molecular flexibility index (Phi) is 4.36. The summed E-state index contributed by atoms with van der Waals surface area (Å²) in [4.78, 5) is 15.0. The fourth-order valence-electron chi connectivity index (χ4n) is 2.90. The molecule has 0 aliphatic rings. The lowest BCUT2D eigenvalue weighted by Crippen LogP contribution is -2.29. The van der Waals surface area contributed by atoms with Crippen molar-refractivity contribution in [1.29, 1.82) is 0 Å². The van der Waals surface area contributed by atoms with Crippen molar-refractivity contribution in [3.8, 4) is 0 Å². The number of furan rings is 1. The number of thiophene rings is 1. The summed E-state index contributed by atoms with van der Waals surface area (Å²) in [6, 6.07) is 19.7. The van der Waals surface area contributed by atoms with Gasteiger partial charge in [0.15, 0.2) is 0 Å². The van der Waals surface area contributed by atoms with Gasteiger partial charge < -0.3 is 9.32 Å². The minimum atomic E-state index is 0.00773. The number of carbonyl (C=O) groups excluding carboxylic acids is 1. The summed E-state index contributed by atoms with van der Waals surface area (Å²) in [5, 5.41) is 6.31.